The molecule has 0 saturated carbocycles. The lowest BCUT2D eigenvalue weighted by atomic mass is 10.1. The monoisotopic (exact) mass is 567 g/mol. The second kappa shape index (κ2) is 11.5. The van der Waals surface area contributed by atoms with Crippen LogP contribution in [-0.2, 0) is 14.3 Å². The lowest BCUT2D eigenvalue weighted by molar-refractivity contribution is -0.145. The van der Waals surface area contributed by atoms with E-state index in [1.54, 1.807) is 31.2 Å². The summed E-state index contributed by atoms with van der Waals surface area (Å²) >= 11 is 9.94. The number of benzene rings is 2. The van der Waals surface area contributed by atoms with Crippen LogP contribution in [0.2, 0.25) is 5.02 Å². The average molecular weight is 569 g/mol. The summed E-state index contributed by atoms with van der Waals surface area (Å²) in [7, 11) is 1.43. The van der Waals surface area contributed by atoms with Gasteiger partial charge in [-0.1, -0.05) is 11.6 Å². The van der Waals surface area contributed by atoms with E-state index in [9.17, 15) is 19.2 Å². The molecule has 0 spiro atoms. The van der Waals surface area contributed by atoms with Crippen molar-refractivity contribution in [1.29, 1.82) is 0 Å². The van der Waals surface area contributed by atoms with E-state index in [2.05, 4.69) is 15.9 Å². The number of Topliss-reactive ketones (excluding diaryl/α,β-unsaturated/α-hetero) is 1. The van der Waals surface area contributed by atoms with E-state index in [1.165, 1.54) is 25.3 Å². The standard InChI is InChI=1S/C23H19BrClNO7S/c1-3-32-20(28)12-33-21-16(24)8-13(9-18(21)31-2)10-19-22(29)26(23(30)34-19)11-17(27)14-4-6-15(25)7-5-14/h4-10H,3,11-12H2,1-2H3/b19-10-. The Morgan fingerprint density at radius 1 is 1.18 bits per heavy atom. The quantitative estimate of drug-likeness (QED) is 0.237. The second-order valence-electron chi connectivity index (χ2n) is 6.83. The van der Waals surface area contributed by atoms with Gasteiger partial charge in [-0.3, -0.25) is 19.3 Å². The molecule has 1 aliphatic rings. The molecule has 0 radical (unpaired) electrons. The summed E-state index contributed by atoms with van der Waals surface area (Å²) < 4.78 is 16.2. The van der Waals surface area contributed by atoms with Crippen LogP contribution in [0.1, 0.15) is 22.8 Å². The van der Waals surface area contributed by atoms with E-state index in [0.717, 1.165) is 16.7 Å². The first-order valence-electron chi connectivity index (χ1n) is 9.93. The van der Waals surface area contributed by atoms with Crippen LogP contribution in [0.15, 0.2) is 45.8 Å². The van der Waals surface area contributed by atoms with Crippen molar-refractivity contribution in [1.82, 2.24) is 4.90 Å². The molecule has 0 aromatic heterocycles. The molecule has 11 heteroatoms. The number of nitrogens with zero attached hydrogens (tertiary/aromatic N) is 1. The summed E-state index contributed by atoms with van der Waals surface area (Å²) in [6, 6.07) is 9.44. The number of ketones is 1. The third-order valence-corrected chi connectivity index (χ3v) is 6.28. The van der Waals surface area contributed by atoms with Crippen LogP contribution >= 0.6 is 39.3 Å². The third kappa shape index (κ3) is 6.19. The van der Waals surface area contributed by atoms with Gasteiger partial charge in [-0.15, -0.1) is 0 Å². The van der Waals surface area contributed by atoms with Gasteiger partial charge in [0.2, 0.25) is 0 Å². The number of amides is 2. The Hall–Kier alpha value is -2.82. The number of ether oxygens (including phenoxy) is 3. The summed E-state index contributed by atoms with van der Waals surface area (Å²) in [4.78, 5) is 50.4. The molecule has 178 valence electrons. The molecule has 1 heterocycles. The van der Waals surface area contributed by atoms with E-state index in [-0.39, 0.29) is 36.2 Å². The molecule has 1 saturated heterocycles. The summed E-state index contributed by atoms with van der Waals surface area (Å²) in [5.41, 5.74) is 0.890. The number of imide groups is 1. The lowest BCUT2D eigenvalue weighted by Gasteiger charge is -2.13. The fourth-order valence-corrected chi connectivity index (χ4v) is 4.49. The Balaban J connectivity index is 1.77. The summed E-state index contributed by atoms with van der Waals surface area (Å²) in [6.07, 6.45) is 1.51. The smallest absolute Gasteiger partial charge is 0.344 e. The molecule has 34 heavy (non-hydrogen) atoms. The average Bonchev–Trinajstić information content (AvgIpc) is 3.05. The van der Waals surface area contributed by atoms with Crippen molar-refractivity contribution in [2.45, 2.75) is 6.92 Å². The Morgan fingerprint density at radius 3 is 2.53 bits per heavy atom. The summed E-state index contributed by atoms with van der Waals surface area (Å²) in [5.74, 6) is -0.887. The fraction of sp³-hybridized carbons (Fsp3) is 0.217. The minimum atomic E-state index is -0.574. The molecule has 0 unspecified atom stereocenters. The largest absolute Gasteiger partial charge is 0.493 e. The number of carbonyl (C=O) groups excluding carboxylic acids is 4. The SMILES string of the molecule is CCOC(=O)COc1c(Br)cc(/C=C2\SC(=O)N(CC(=O)c3ccc(Cl)cc3)C2=O)cc1OC. The molecule has 1 aliphatic heterocycles. The summed E-state index contributed by atoms with van der Waals surface area (Å²) in [5, 5.41) is -0.0662. The zero-order valence-electron chi connectivity index (χ0n) is 18.1. The van der Waals surface area contributed by atoms with Gasteiger partial charge in [0, 0.05) is 10.6 Å². The zero-order valence-corrected chi connectivity index (χ0v) is 21.3. The maximum absolute atomic E-state index is 12.8. The first kappa shape index (κ1) is 25.8. The van der Waals surface area contributed by atoms with Gasteiger partial charge >= 0.3 is 5.97 Å². The number of thioether (sulfide) groups is 1. The zero-order chi connectivity index (χ0) is 24.8. The van der Waals surface area contributed by atoms with Crippen LogP contribution in [0.4, 0.5) is 4.79 Å². The van der Waals surface area contributed by atoms with Gasteiger partial charge in [-0.25, -0.2) is 4.79 Å². The van der Waals surface area contributed by atoms with Gasteiger partial charge in [0.15, 0.2) is 23.9 Å². The molecular weight excluding hydrogens is 550 g/mol. The fourth-order valence-electron chi connectivity index (χ4n) is 2.96. The molecule has 3 rings (SSSR count). The molecule has 0 N–H and O–H groups in total. The van der Waals surface area contributed by atoms with Crippen molar-refractivity contribution < 1.29 is 33.4 Å². The Bertz CT molecular complexity index is 1170. The van der Waals surface area contributed by atoms with E-state index in [0.29, 0.717) is 26.4 Å². The van der Waals surface area contributed by atoms with Crippen molar-refractivity contribution in [3.63, 3.8) is 0 Å². The number of rotatable bonds is 9. The predicted octanol–water partition coefficient (Wildman–Crippen LogP) is 4.97. The second-order valence-corrected chi connectivity index (χ2v) is 9.11. The minimum absolute atomic E-state index is 0.156. The van der Waals surface area contributed by atoms with E-state index in [4.69, 9.17) is 25.8 Å². The number of esters is 1. The van der Waals surface area contributed by atoms with Crippen LogP contribution in [0.3, 0.4) is 0 Å². The highest BCUT2D eigenvalue weighted by molar-refractivity contribution is 9.10. The van der Waals surface area contributed by atoms with E-state index < -0.39 is 17.1 Å². The Labute approximate surface area is 213 Å². The van der Waals surface area contributed by atoms with Gasteiger partial charge in [-0.05, 0) is 82.7 Å². The third-order valence-electron chi connectivity index (χ3n) is 4.53. The maximum atomic E-state index is 12.8. The van der Waals surface area contributed by atoms with Crippen LogP contribution in [0.5, 0.6) is 11.5 Å². The normalized spacial score (nSPS) is 14.5. The maximum Gasteiger partial charge on any atom is 0.344 e. The molecule has 0 atom stereocenters. The topological polar surface area (TPSA) is 99.2 Å². The Morgan fingerprint density at radius 2 is 1.88 bits per heavy atom. The molecular formula is C23H19BrClNO7S. The van der Waals surface area contributed by atoms with Crippen molar-refractivity contribution in [3.8, 4) is 11.5 Å². The molecule has 1 fully saturated rings. The number of hydrogen-bond acceptors (Lipinski definition) is 8. The van der Waals surface area contributed by atoms with Crippen LogP contribution in [0, 0.1) is 0 Å². The van der Waals surface area contributed by atoms with Gasteiger partial charge < -0.3 is 14.2 Å². The van der Waals surface area contributed by atoms with Gasteiger partial charge in [0.05, 0.1) is 29.6 Å². The van der Waals surface area contributed by atoms with Crippen LogP contribution in [0.25, 0.3) is 6.08 Å². The van der Waals surface area contributed by atoms with Gasteiger partial charge in [0.1, 0.15) is 0 Å². The van der Waals surface area contributed by atoms with E-state index >= 15 is 0 Å². The van der Waals surface area contributed by atoms with Crippen molar-refractivity contribution in [2.75, 3.05) is 26.9 Å². The van der Waals surface area contributed by atoms with Gasteiger partial charge in [0.25, 0.3) is 11.1 Å². The molecule has 2 aromatic rings. The summed E-state index contributed by atoms with van der Waals surface area (Å²) in [6.45, 7) is 1.25. The minimum Gasteiger partial charge on any atom is -0.493 e. The lowest BCUT2D eigenvalue weighted by Crippen LogP contribution is -2.33. The first-order valence-corrected chi connectivity index (χ1v) is 11.9. The molecule has 0 bridgehead atoms. The number of methoxy groups -OCH3 is 1. The van der Waals surface area contributed by atoms with Crippen molar-refractivity contribution in [2.24, 2.45) is 0 Å². The number of carbonyl (C=O) groups is 4. The predicted molar refractivity (Wildman–Crippen MR) is 131 cm³/mol. The van der Waals surface area contributed by atoms with Crippen LogP contribution < -0.4 is 9.47 Å². The molecule has 2 amide bonds. The van der Waals surface area contributed by atoms with Gasteiger partial charge in [-0.2, -0.15) is 0 Å². The highest BCUT2D eigenvalue weighted by Crippen LogP contribution is 2.39. The Kier molecular flexibility index (Phi) is 8.76. The van der Waals surface area contributed by atoms with Crippen molar-refractivity contribution in [3.05, 3.63) is 61.9 Å². The van der Waals surface area contributed by atoms with E-state index in [1.807, 2.05) is 0 Å². The highest BCUT2D eigenvalue weighted by Gasteiger charge is 2.36. The number of halogens is 2. The van der Waals surface area contributed by atoms with Crippen molar-refractivity contribution >= 4 is 68.3 Å². The first-order chi connectivity index (χ1) is 16.2. The van der Waals surface area contributed by atoms with Crippen LogP contribution in [-0.4, -0.2) is 54.7 Å². The molecule has 2 aromatic carbocycles. The highest BCUT2D eigenvalue weighted by atomic mass is 79.9. The molecule has 8 nitrogen and oxygen atoms in total. The number of hydrogen-bond donors (Lipinski definition) is 0. The molecule has 0 aliphatic carbocycles.